The van der Waals surface area contributed by atoms with Crippen LogP contribution in [0.25, 0.3) is 0 Å². The van der Waals surface area contributed by atoms with E-state index in [1.165, 1.54) is 0 Å². The lowest BCUT2D eigenvalue weighted by Gasteiger charge is -2.30. The number of rotatable bonds is 5. The Morgan fingerprint density at radius 3 is 2.48 bits per heavy atom. The zero-order chi connectivity index (χ0) is 16.8. The number of likely N-dealkylation sites (tertiary alicyclic amines) is 1. The van der Waals surface area contributed by atoms with Crippen molar-refractivity contribution in [2.24, 2.45) is 5.92 Å². The van der Waals surface area contributed by atoms with Crippen LogP contribution < -0.4 is 14.8 Å². The fraction of sp³-hybridized carbons (Fsp3) is 0.529. The van der Waals surface area contributed by atoms with Crippen LogP contribution in [0.4, 0.5) is 0 Å². The number of ether oxygens (including phenoxy) is 2. The molecule has 1 fully saturated rings. The smallest absolute Gasteiger partial charge is 0.223 e. The second kappa shape index (κ2) is 7.85. The minimum Gasteiger partial charge on any atom is -0.497 e. The van der Waals surface area contributed by atoms with E-state index < -0.39 is 0 Å². The van der Waals surface area contributed by atoms with Gasteiger partial charge >= 0.3 is 0 Å². The van der Waals surface area contributed by atoms with Crippen LogP contribution in [0.2, 0.25) is 0 Å². The summed E-state index contributed by atoms with van der Waals surface area (Å²) in [7, 11) is 3.20. The number of amides is 2. The first-order valence-corrected chi connectivity index (χ1v) is 7.79. The molecule has 0 aromatic heterocycles. The Morgan fingerprint density at radius 1 is 1.22 bits per heavy atom. The van der Waals surface area contributed by atoms with Crippen molar-refractivity contribution in [3.05, 3.63) is 23.8 Å². The molecule has 1 aromatic carbocycles. The summed E-state index contributed by atoms with van der Waals surface area (Å²) in [6.07, 6.45) is 1.43. The highest BCUT2D eigenvalue weighted by Gasteiger charge is 2.25. The van der Waals surface area contributed by atoms with Gasteiger partial charge in [0.25, 0.3) is 0 Å². The molecule has 0 saturated carbocycles. The largest absolute Gasteiger partial charge is 0.497 e. The van der Waals surface area contributed by atoms with Gasteiger partial charge in [0.1, 0.15) is 11.5 Å². The summed E-state index contributed by atoms with van der Waals surface area (Å²) < 4.78 is 10.5. The van der Waals surface area contributed by atoms with Crippen molar-refractivity contribution in [3.63, 3.8) is 0 Å². The minimum atomic E-state index is -0.0326. The molecule has 6 heteroatoms. The normalized spacial score (nSPS) is 15.2. The Bertz CT molecular complexity index is 566. The van der Waals surface area contributed by atoms with Gasteiger partial charge in [-0.1, -0.05) is 0 Å². The quantitative estimate of drug-likeness (QED) is 0.894. The SMILES string of the molecule is COc1ccc(CNC(=O)C2CCN(C(C)=O)CC2)c(OC)c1. The highest BCUT2D eigenvalue weighted by molar-refractivity contribution is 5.79. The third kappa shape index (κ3) is 4.37. The summed E-state index contributed by atoms with van der Waals surface area (Å²) in [5, 5.41) is 2.96. The number of benzene rings is 1. The van der Waals surface area contributed by atoms with Crippen LogP contribution in [-0.2, 0) is 16.1 Å². The Labute approximate surface area is 136 Å². The summed E-state index contributed by atoms with van der Waals surface area (Å²) in [6.45, 7) is 3.29. The van der Waals surface area contributed by atoms with Crippen molar-refractivity contribution >= 4 is 11.8 Å². The maximum Gasteiger partial charge on any atom is 0.223 e. The summed E-state index contributed by atoms with van der Waals surface area (Å²) in [6, 6.07) is 5.53. The zero-order valence-electron chi connectivity index (χ0n) is 13.9. The van der Waals surface area contributed by atoms with Crippen LogP contribution in [0, 0.1) is 5.92 Å². The van der Waals surface area contributed by atoms with Gasteiger partial charge in [-0.2, -0.15) is 0 Å². The number of methoxy groups -OCH3 is 2. The molecule has 1 aliphatic heterocycles. The van der Waals surface area contributed by atoms with E-state index in [0.29, 0.717) is 44.0 Å². The van der Waals surface area contributed by atoms with Gasteiger partial charge in [-0.15, -0.1) is 0 Å². The van der Waals surface area contributed by atoms with Crippen molar-refractivity contribution < 1.29 is 19.1 Å². The van der Waals surface area contributed by atoms with E-state index in [2.05, 4.69) is 5.32 Å². The Hall–Kier alpha value is -2.24. The summed E-state index contributed by atoms with van der Waals surface area (Å²) in [5.74, 6) is 1.48. The molecule has 1 saturated heterocycles. The van der Waals surface area contributed by atoms with Gasteiger partial charge in [-0.3, -0.25) is 9.59 Å². The molecule has 0 radical (unpaired) electrons. The highest BCUT2D eigenvalue weighted by Crippen LogP contribution is 2.25. The number of carbonyl (C=O) groups is 2. The van der Waals surface area contributed by atoms with Crippen LogP contribution >= 0.6 is 0 Å². The van der Waals surface area contributed by atoms with Crippen LogP contribution in [0.15, 0.2) is 18.2 Å². The third-order valence-corrected chi connectivity index (χ3v) is 4.26. The van der Waals surface area contributed by atoms with Gasteiger partial charge in [-0.05, 0) is 25.0 Å². The molecule has 0 atom stereocenters. The van der Waals surface area contributed by atoms with Gasteiger partial charge in [0.2, 0.25) is 11.8 Å². The van der Waals surface area contributed by atoms with Gasteiger partial charge in [-0.25, -0.2) is 0 Å². The standard InChI is InChI=1S/C17H24N2O4/c1-12(20)19-8-6-13(7-9-19)17(21)18-11-14-4-5-15(22-2)10-16(14)23-3/h4-5,10,13H,6-9,11H2,1-3H3,(H,18,21). The number of hydrogen-bond acceptors (Lipinski definition) is 4. The first-order valence-electron chi connectivity index (χ1n) is 7.79. The van der Waals surface area contributed by atoms with E-state index in [0.717, 1.165) is 5.56 Å². The Kier molecular flexibility index (Phi) is 5.84. The second-order valence-corrected chi connectivity index (χ2v) is 5.68. The van der Waals surface area contributed by atoms with Crippen molar-refractivity contribution in [2.45, 2.75) is 26.3 Å². The highest BCUT2D eigenvalue weighted by atomic mass is 16.5. The van der Waals surface area contributed by atoms with Crippen molar-refractivity contribution in [1.82, 2.24) is 10.2 Å². The molecule has 0 unspecified atom stereocenters. The topological polar surface area (TPSA) is 67.9 Å². The van der Waals surface area contributed by atoms with Crippen LogP contribution in [0.3, 0.4) is 0 Å². The van der Waals surface area contributed by atoms with E-state index >= 15 is 0 Å². The number of nitrogens with one attached hydrogen (secondary N) is 1. The molecule has 1 N–H and O–H groups in total. The molecule has 2 amide bonds. The molecule has 1 aliphatic rings. The van der Waals surface area contributed by atoms with Crippen molar-refractivity contribution in [2.75, 3.05) is 27.3 Å². The lowest BCUT2D eigenvalue weighted by molar-refractivity contribution is -0.134. The van der Waals surface area contributed by atoms with E-state index in [1.807, 2.05) is 12.1 Å². The molecule has 6 nitrogen and oxygen atoms in total. The first-order chi connectivity index (χ1) is 11.0. The number of nitrogens with zero attached hydrogens (tertiary/aromatic N) is 1. The average Bonchev–Trinajstić information content (AvgIpc) is 2.59. The van der Waals surface area contributed by atoms with Gasteiger partial charge < -0.3 is 19.7 Å². The molecule has 23 heavy (non-hydrogen) atoms. The van der Waals surface area contributed by atoms with Gasteiger partial charge in [0, 0.05) is 44.1 Å². The summed E-state index contributed by atoms with van der Waals surface area (Å²) in [5.41, 5.74) is 0.905. The average molecular weight is 320 g/mol. The predicted molar refractivity (Wildman–Crippen MR) is 86.4 cm³/mol. The van der Waals surface area contributed by atoms with E-state index in [1.54, 1.807) is 32.1 Å². The zero-order valence-corrected chi connectivity index (χ0v) is 13.9. The molecule has 0 aliphatic carbocycles. The van der Waals surface area contributed by atoms with E-state index in [4.69, 9.17) is 9.47 Å². The molecular weight excluding hydrogens is 296 g/mol. The third-order valence-electron chi connectivity index (χ3n) is 4.26. The van der Waals surface area contributed by atoms with Crippen molar-refractivity contribution in [3.8, 4) is 11.5 Å². The molecule has 0 bridgehead atoms. The number of hydrogen-bond donors (Lipinski definition) is 1. The first kappa shape index (κ1) is 17.1. The lowest BCUT2D eigenvalue weighted by atomic mass is 9.96. The maximum atomic E-state index is 12.3. The molecule has 1 heterocycles. The van der Waals surface area contributed by atoms with Crippen LogP contribution in [-0.4, -0.2) is 44.0 Å². The predicted octanol–water partition coefficient (Wildman–Crippen LogP) is 1.58. The molecule has 0 spiro atoms. The molecule has 2 rings (SSSR count). The maximum absolute atomic E-state index is 12.3. The second-order valence-electron chi connectivity index (χ2n) is 5.68. The number of carbonyl (C=O) groups excluding carboxylic acids is 2. The summed E-state index contributed by atoms with van der Waals surface area (Å²) >= 11 is 0. The Morgan fingerprint density at radius 2 is 1.91 bits per heavy atom. The molecule has 1 aromatic rings. The fourth-order valence-corrected chi connectivity index (χ4v) is 2.78. The fourth-order valence-electron chi connectivity index (χ4n) is 2.78. The minimum absolute atomic E-state index is 0.0326. The monoisotopic (exact) mass is 320 g/mol. The molecule has 126 valence electrons. The lowest BCUT2D eigenvalue weighted by Crippen LogP contribution is -2.42. The van der Waals surface area contributed by atoms with Gasteiger partial charge in [0.15, 0.2) is 0 Å². The van der Waals surface area contributed by atoms with Crippen molar-refractivity contribution in [1.29, 1.82) is 0 Å². The summed E-state index contributed by atoms with van der Waals surface area (Å²) in [4.78, 5) is 25.4. The molecular formula is C17H24N2O4. The van der Waals surface area contributed by atoms with Crippen LogP contribution in [0.1, 0.15) is 25.3 Å². The van der Waals surface area contributed by atoms with E-state index in [-0.39, 0.29) is 17.7 Å². The van der Waals surface area contributed by atoms with Gasteiger partial charge in [0.05, 0.1) is 14.2 Å². The number of piperidine rings is 1. The van der Waals surface area contributed by atoms with Crippen LogP contribution in [0.5, 0.6) is 11.5 Å². The Balaban J connectivity index is 1.89. The van der Waals surface area contributed by atoms with E-state index in [9.17, 15) is 9.59 Å².